The van der Waals surface area contributed by atoms with Crippen LogP contribution in [0.5, 0.6) is 11.5 Å². The topological polar surface area (TPSA) is 172 Å². The number of nitrogens with zero attached hydrogens (tertiary/aromatic N) is 6. The first-order valence-electron chi connectivity index (χ1n) is 44.4. The number of likely N-dealkylation sites (N-methyl/N-ethyl adjacent to an activating group) is 1. The molecule has 5 spiro atoms. The van der Waals surface area contributed by atoms with Crippen LogP contribution >= 0.6 is 56.7 Å². The molecule has 3 aliphatic heterocycles. The first-order chi connectivity index (χ1) is 59.4. The van der Waals surface area contributed by atoms with Crippen molar-refractivity contribution in [3.63, 3.8) is 0 Å². The van der Waals surface area contributed by atoms with Gasteiger partial charge < -0.3 is 14.4 Å². The number of Topliss-reactive ketones (excluding diaryl/α,β-unsaturated/α-hetero) is 5. The van der Waals surface area contributed by atoms with Crippen molar-refractivity contribution in [3.8, 4) is 11.5 Å². The van der Waals surface area contributed by atoms with Crippen molar-refractivity contribution >= 4 is 91.3 Å². The minimum absolute atomic E-state index is 0.00595. The first kappa shape index (κ1) is 81.7. The van der Waals surface area contributed by atoms with Gasteiger partial charge in [0.25, 0.3) is 0 Å². The van der Waals surface area contributed by atoms with Gasteiger partial charge in [-0.25, -0.2) is 29.3 Å². The fourth-order valence-electron chi connectivity index (χ4n) is 26.0. The van der Waals surface area contributed by atoms with Crippen molar-refractivity contribution in [3.05, 3.63) is 296 Å². The fraction of sp³-hybridized carbons (Fsp3) is 0.429. The Balaban J connectivity index is 0.0000000950. The standard InChI is InChI=1S/C22H23NOS.C21H20FNOS.C21H22N2OS.C21H21NO2S.C20H19NO2S/c1-21(2)11-15-10-17-20(25-13-23-17)22(19(15)18(24)12-21)9-5-7-14-6-3-4-8-16(14)22;1-20(2)9-13-7-16-19(25-11-23-16)21(18(13)17(24)10-20)6-5-12-3-4-14(22)8-15(12)21;1-20(2)9-13-8-15-19(25-12-22-15)21(18(13)17(24)10-20)11-23(3)16-7-5-4-6-14(16)21;1-20(2)10-13-9-15-19(25-12-22-15)21(18(13)16(23)11-20)7-8-24-17-6-4-3-5-14(17)21;1-19(2)8-12-7-14-18(24-11-21-14)20(17(12)15(22)9-19)10-23-16-6-4-3-5-13(16)20/h3-4,6,8,13H,5,7,9-12H2,1-2H3;3-4,8,11H,5-7,9-10H2,1-2H3;4-7,12H,8-11H2,1-3H3;3-6,12H,7-11H2,1-2H3;3-6,11H,7-10H2,1-2H3. The Morgan fingerprint density at radius 3 is 1.15 bits per heavy atom. The number of aromatic nitrogens is 5. The van der Waals surface area contributed by atoms with Crippen molar-refractivity contribution in [2.75, 3.05) is 31.7 Å². The number of allylic oxidation sites excluding steroid dienone is 8. The van der Waals surface area contributed by atoms with E-state index in [1.165, 1.54) is 97.6 Å². The van der Waals surface area contributed by atoms with E-state index in [9.17, 15) is 28.4 Å². The highest BCUT2D eigenvalue weighted by Crippen LogP contribution is 2.65. The Morgan fingerprint density at radius 1 is 0.347 bits per heavy atom. The molecule has 0 N–H and O–H groups in total. The van der Waals surface area contributed by atoms with E-state index < -0.39 is 10.8 Å². The maximum absolute atomic E-state index is 14.1. The first-order valence-corrected chi connectivity index (χ1v) is 48.8. The zero-order valence-electron chi connectivity index (χ0n) is 72.8. The van der Waals surface area contributed by atoms with Crippen LogP contribution in [-0.4, -0.2) is 80.6 Å². The quantitative estimate of drug-likeness (QED) is 0.141. The van der Waals surface area contributed by atoms with Crippen LogP contribution in [0.3, 0.4) is 0 Å². The van der Waals surface area contributed by atoms with E-state index in [4.69, 9.17) is 19.4 Å². The molecule has 19 heteroatoms. The molecule has 0 radical (unpaired) electrons. The highest BCUT2D eigenvalue weighted by Gasteiger charge is 2.61. The number of fused-ring (bicyclic) bond motifs is 25. The Hall–Kier alpha value is -9.37. The highest BCUT2D eigenvalue weighted by molar-refractivity contribution is 7.11. The molecule has 0 bridgehead atoms. The number of halogens is 1. The molecular weight excluding hydrogens is 1640 g/mol. The lowest BCUT2D eigenvalue weighted by atomic mass is 9.56. The van der Waals surface area contributed by atoms with Crippen LogP contribution in [0, 0.1) is 32.9 Å². The Bertz CT molecular complexity index is 6260. The summed E-state index contributed by atoms with van der Waals surface area (Å²) in [6.45, 7) is 24.0. The number of rotatable bonds is 0. The summed E-state index contributed by atoms with van der Waals surface area (Å²) in [4.78, 5) is 98.5. The van der Waals surface area contributed by atoms with Crippen molar-refractivity contribution in [1.29, 1.82) is 0 Å². The molecule has 0 amide bonds. The molecule has 13 nitrogen and oxygen atoms in total. The number of carbonyl (C=O) groups excluding carboxylic acids is 5. The maximum Gasteiger partial charge on any atom is 0.160 e. The van der Waals surface area contributed by atoms with E-state index in [0.717, 1.165) is 182 Å². The van der Waals surface area contributed by atoms with Gasteiger partial charge in [0.2, 0.25) is 0 Å². The molecule has 25 rings (SSSR count). The molecule has 10 aromatic rings. The molecule has 12 aliphatic carbocycles. The van der Waals surface area contributed by atoms with Crippen LogP contribution in [0.15, 0.2) is 199 Å². The summed E-state index contributed by atoms with van der Waals surface area (Å²) >= 11 is 8.47. The third kappa shape index (κ3) is 12.7. The van der Waals surface area contributed by atoms with Crippen molar-refractivity contribution in [2.45, 2.75) is 231 Å². The summed E-state index contributed by atoms with van der Waals surface area (Å²) in [6.07, 6.45) is 18.0. The third-order valence-corrected chi connectivity index (χ3v) is 35.1. The van der Waals surface area contributed by atoms with Crippen LogP contribution < -0.4 is 14.4 Å². The molecule has 5 aromatic carbocycles. The van der Waals surface area contributed by atoms with Gasteiger partial charge in [0, 0.05) is 153 Å². The lowest BCUT2D eigenvalue weighted by Crippen LogP contribution is -2.44. The van der Waals surface area contributed by atoms with Gasteiger partial charge in [-0.05, 0) is 149 Å². The summed E-state index contributed by atoms with van der Waals surface area (Å²) in [7, 11) is 2.14. The molecule has 634 valence electrons. The summed E-state index contributed by atoms with van der Waals surface area (Å²) in [5.41, 5.74) is 35.3. The van der Waals surface area contributed by atoms with Crippen molar-refractivity contribution in [1.82, 2.24) is 24.9 Å². The average Bonchev–Trinajstić information content (AvgIpc) is 1.59. The summed E-state index contributed by atoms with van der Waals surface area (Å²) < 4.78 is 26.1. The molecular formula is C105H105FN6O7S5. The smallest absolute Gasteiger partial charge is 0.160 e. The summed E-state index contributed by atoms with van der Waals surface area (Å²) in [5, 5.41) is 0. The molecule has 0 saturated carbocycles. The number of hydrogen-bond acceptors (Lipinski definition) is 18. The maximum atomic E-state index is 14.1. The number of para-hydroxylation sites is 3. The Morgan fingerprint density at radius 2 is 0.694 bits per heavy atom. The van der Waals surface area contributed by atoms with Gasteiger partial charge in [0.05, 0.1) is 89.7 Å². The van der Waals surface area contributed by atoms with E-state index >= 15 is 0 Å². The van der Waals surface area contributed by atoms with Gasteiger partial charge in [-0.15, -0.1) is 56.7 Å². The van der Waals surface area contributed by atoms with Gasteiger partial charge in [0.15, 0.2) is 28.9 Å². The lowest BCUT2D eigenvalue weighted by Gasteiger charge is -2.47. The predicted octanol–water partition coefficient (Wildman–Crippen LogP) is 22.4. The number of carbonyl (C=O) groups is 5. The van der Waals surface area contributed by atoms with Gasteiger partial charge in [-0.1, -0.05) is 182 Å². The van der Waals surface area contributed by atoms with E-state index in [0.29, 0.717) is 68.5 Å². The Kier molecular flexibility index (Phi) is 19.3. The van der Waals surface area contributed by atoms with Crippen molar-refractivity contribution < 1.29 is 37.8 Å². The predicted molar refractivity (Wildman–Crippen MR) is 491 cm³/mol. The molecule has 5 unspecified atom stereocenters. The number of ketones is 5. The van der Waals surface area contributed by atoms with Crippen LogP contribution in [0.1, 0.15) is 251 Å². The average molecular weight is 1740 g/mol. The van der Waals surface area contributed by atoms with E-state index in [1.807, 2.05) is 64.0 Å². The molecule has 5 atom stereocenters. The minimum atomic E-state index is -0.463. The second-order valence-corrected chi connectivity index (χ2v) is 46.0. The second kappa shape index (κ2) is 29.3. The van der Waals surface area contributed by atoms with Gasteiger partial charge in [-0.2, -0.15) is 0 Å². The van der Waals surface area contributed by atoms with Crippen LogP contribution in [0.4, 0.5) is 10.1 Å². The van der Waals surface area contributed by atoms with E-state index in [2.05, 4.69) is 163 Å². The number of ether oxygens (including phenoxy) is 2. The second-order valence-electron chi connectivity index (χ2n) is 41.7. The highest BCUT2D eigenvalue weighted by atomic mass is 32.1. The number of aryl methyl sites for hydroxylation is 2. The SMILES string of the molecule is CC1(C)CC(=O)C2=C(Cc3ncsc3C23CCCc2ccccc23)C1.CC1(C)CC(=O)C2=C(Cc3ncsc3C23CCOc2ccccc23)C1.CC1(C)CC(=O)C2=C(Cc3ncsc3C23CCc2ccc(F)cc23)C1.CC1(C)CC(=O)C2=C(Cc3ncsc3C23COc2ccccc23)C1.CN1CC2(C3=C(Cc4ncsc42)CC(C)(C)CC3=O)c2ccccc21. The normalized spacial score (nSPS) is 26.8. The van der Waals surface area contributed by atoms with Crippen LogP contribution in [0.2, 0.25) is 0 Å². The molecule has 124 heavy (non-hydrogen) atoms. The van der Waals surface area contributed by atoms with Crippen molar-refractivity contribution in [2.24, 2.45) is 27.1 Å². The van der Waals surface area contributed by atoms with E-state index in [-0.39, 0.29) is 54.9 Å². The number of hydrogen-bond donors (Lipinski definition) is 0. The monoisotopic (exact) mass is 1740 g/mol. The zero-order valence-corrected chi connectivity index (χ0v) is 76.9. The molecule has 15 aliphatic rings. The molecule has 0 fully saturated rings. The Labute approximate surface area is 746 Å². The number of anilines is 1. The molecule has 5 aromatic heterocycles. The zero-order chi connectivity index (χ0) is 85.8. The third-order valence-electron chi connectivity index (χ3n) is 29.9. The minimum Gasteiger partial charge on any atom is -0.493 e. The lowest BCUT2D eigenvalue weighted by molar-refractivity contribution is -0.119. The molecule has 0 saturated heterocycles. The fourth-order valence-corrected chi connectivity index (χ4v) is 31.3. The van der Waals surface area contributed by atoms with Gasteiger partial charge in [-0.3, -0.25) is 24.0 Å². The number of thiazole rings is 5. The van der Waals surface area contributed by atoms with Gasteiger partial charge >= 0.3 is 0 Å². The molecule has 8 heterocycles. The van der Waals surface area contributed by atoms with Crippen LogP contribution in [-0.2, 0) is 96.0 Å². The van der Waals surface area contributed by atoms with E-state index in [1.54, 1.807) is 62.8 Å². The van der Waals surface area contributed by atoms with Crippen LogP contribution in [0.25, 0.3) is 0 Å². The number of benzene rings is 5. The van der Waals surface area contributed by atoms with Gasteiger partial charge in [0.1, 0.15) is 23.9 Å². The summed E-state index contributed by atoms with van der Waals surface area (Å²) in [5.74, 6) is 3.19. The largest absolute Gasteiger partial charge is 0.493 e. The summed E-state index contributed by atoms with van der Waals surface area (Å²) in [6, 6.07) is 38.9.